The van der Waals surface area contributed by atoms with Crippen molar-refractivity contribution in [1.82, 2.24) is 5.32 Å². The molecule has 1 N–H and O–H groups in total. The molecule has 2 nitrogen and oxygen atoms in total. The molecule has 2 aromatic rings. The third kappa shape index (κ3) is 2.68. The summed E-state index contributed by atoms with van der Waals surface area (Å²) >= 11 is 0. The number of rotatable bonds is 3. The van der Waals surface area contributed by atoms with Crippen LogP contribution in [0.2, 0.25) is 0 Å². The zero-order valence-electron chi connectivity index (χ0n) is 10.8. The monoisotopic (exact) mass is 251 g/mol. The fourth-order valence-electron chi connectivity index (χ4n) is 2.82. The van der Waals surface area contributed by atoms with Gasteiger partial charge in [0.15, 0.2) is 0 Å². The van der Waals surface area contributed by atoms with Gasteiger partial charge in [0, 0.05) is 18.4 Å². The topological polar surface area (TPSA) is 29.1 Å². The molecule has 1 amide bonds. The summed E-state index contributed by atoms with van der Waals surface area (Å²) < 4.78 is 0. The van der Waals surface area contributed by atoms with Gasteiger partial charge in [0.05, 0.1) is 0 Å². The Hall–Kier alpha value is -2.09. The third-order valence-corrected chi connectivity index (χ3v) is 3.76. The average Bonchev–Trinajstić information content (AvgIpc) is 2.82. The Balaban J connectivity index is 1.81. The Kier molecular flexibility index (Phi) is 3.32. The number of hydrogen-bond donors (Lipinski definition) is 1. The van der Waals surface area contributed by atoms with Gasteiger partial charge in [0.25, 0.3) is 0 Å². The highest BCUT2D eigenvalue weighted by Gasteiger charge is 2.33. The van der Waals surface area contributed by atoms with E-state index >= 15 is 0 Å². The number of nitrogens with one attached hydrogen (secondary N) is 1. The van der Waals surface area contributed by atoms with Crippen LogP contribution in [0.3, 0.4) is 0 Å². The summed E-state index contributed by atoms with van der Waals surface area (Å²) in [5.41, 5.74) is 2.53. The molecule has 2 heteroatoms. The first-order valence-corrected chi connectivity index (χ1v) is 6.71. The number of hydrogen-bond acceptors (Lipinski definition) is 1. The summed E-state index contributed by atoms with van der Waals surface area (Å²) in [7, 11) is 0. The molecule has 19 heavy (non-hydrogen) atoms. The molecule has 1 aliphatic rings. The summed E-state index contributed by atoms with van der Waals surface area (Å²) in [6.45, 7) is 0. The molecule has 1 fully saturated rings. The van der Waals surface area contributed by atoms with Crippen molar-refractivity contribution in [2.45, 2.75) is 24.8 Å². The fraction of sp³-hybridized carbons (Fsp3) is 0.235. The molecule has 1 heterocycles. The van der Waals surface area contributed by atoms with Crippen molar-refractivity contribution < 1.29 is 4.79 Å². The maximum absolute atomic E-state index is 11.7. The molecule has 0 aliphatic carbocycles. The zero-order valence-corrected chi connectivity index (χ0v) is 10.8. The first kappa shape index (κ1) is 12.0. The van der Waals surface area contributed by atoms with Gasteiger partial charge in [-0.05, 0) is 17.5 Å². The van der Waals surface area contributed by atoms with Gasteiger partial charge in [-0.1, -0.05) is 60.7 Å². The minimum Gasteiger partial charge on any atom is -0.352 e. The highest BCUT2D eigenvalue weighted by molar-refractivity contribution is 5.80. The lowest BCUT2D eigenvalue weighted by molar-refractivity contribution is -0.119. The zero-order chi connectivity index (χ0) is 13.1. The van der Waals surface area contributed by atoms with Crippen LogP contribution in [0.25, 0.3) is 0 Å². The summed E-state index contributed by atoms with van der Waals surface area (Å²) in [4.78, 5) is 11.7. The standard InChI is InChI=1S/C17H17NO/c19-17-12-15(14-9-5-2-6-10-14)16(18-17)11-13-7-3-1-4-8-13/h1-10,15-16H,11-12H2,(H,18,19)/t15-,16-/m0/s1. The Morgan fingerprint density at radius 2 is 1.58 bits per heavy atom. The van der Waals surface area contributed by atoms with E-state index in [-0.39, 0.29) is 17.9 Å². The molecule has 1 aliphatic heterocycles. The number of carbonyl (C=O) groups excluding carboxylic acids is 1. The highest BCUT2D eigenvalue weighted by Crippen LogP contribution is 2.30. The van der Waals surface area contributed by atoms with E-state index in [0.29, 0.717) is 6.42 Å². The van der Waals surface area contributed by atoms with Crippen LogP contribution in [0.4, 0.5) is 0 Å². The van der Waals surface area contributed by atoms with Crippen molar-refractivity contribution in [2.24, 2.45) is 0 Å². The SMILES string of the molecule is O=C1C[C@@H](c2ccccc2)[C@H](Cc2ccccc2)N1. The Morgan fingerprint density at radius 3 is 2.26 bits per heavy atom. The van der Waals surface area contributed by atoms with Crippen LogP contribution in [0.1, 0.15) is 23.5 Å². The lowest BCUT2D eigenvalue weighted by Gasteiger charge is -2.19. The molecule has 96 valence electrons. The molecule has 0 spiro atoms. The van der Waals surface area contributed by atoms with Crippen molar-refractivity contribution in [2.75, 3.05) is 0 Å². The second kappa shape index (κ2) is 5.27. The minimum atomic E-state index is 0.162. The first-order chi connectivity index (χ1) is 9.33. The number of amides is 1. The van der Waals surface area contributed by atoms with Crippen LogP contribution < -0.4 is 5.32 Å². The van der Waals surface area contributed by atoms with Crippen molar-refractivity contribution >= 4 is 5.91 Å². The van der Waals surface area contributed by atoms with Crippen LogP contribution in [-0.4, -0.2) is 11.9 Å². The molecular formula is C17H17NO. The Labute approximate surface area is 113 Å². The largest absolute Gasteiger partial charge is 0.352 e. The molecule has 0 radical (unpaired) electrons. The normalized spacial score (nSPS) is 22.2. The van der Waals surface area contributed by atoms with Gasteiger partial charge >= 0.3 is 0 Å². The van der Waals surface area contributed by atoms with Crippen LogP contribution in [0.5, 0.6) is 0 Å². The van der Waals surface area contributed by atoms with Gasteiger partial charge in [-0.3, -0.25) is 4.79 Å². The summed E-state index contributed by atoms with van der Waals surface area (Å²) in [6, 6.07) is 20.9. The van der Waals surface area contributed by atoms with Crippen LogP contribution in [-0.2, 0) is 11.2 Å². The van der Waals surface area contributed by atoms with Gasteiger partial charge < -0.3 is 5.32 Å². The third-order valence-electron chi connectivity index (χ3n) is 3.76. The summed E-state index contributed by atoms with van der Waals surface area (Å²) in [5.74, 6) is 0.448. The average molecular weight is 251 g/mol. The van der Waals surface area contributed by atoms with Crippen LogP contribution >= 0.6 is 0 Å². The van der Waals surface area contributed by atoms with E-state index in [0.717, 1.165) is 6.42 Å². The highest BCUT2D eigenvalue weighted by atomic mass is 16.2. The molecule has 2 aromatic carbocycles. The van der Waals surface area contributed by atoms with E-state index in [1.54, 1.807) is 0 Å². The second-order valence-electron chi connectivity index (χ2n) is 5.09. The molecule has 2 atom stereocenters. The van der Waals surface area contributed by atoms with E-state index in [4.69, 9.17) is 0 Å². The number of benzene rings is 2. The molecule has 0 unspecified atom stereocenters. The maximum Gasteiger partial charge on any atom is 0.220 e. The molecular weight excluding hydrogens is 234 g/mol. The molecule has 1 saturated heterocycles. The fourth-order valence-corrected chi connectivity index (χ4v) is 2.82. The minimum absolute atomic E-state index is 0.162. The summed E-state index contributed by atoms with van der Waals surface area (Å²) in [6.07, 6.45) is 1.49. The van der Waals surface area contributed by atoms with Crippen molar-refractivity contribution in [3.05, 3.63) is 71.8 Å². The smallest absolute Gasteiger partial charge is 0.220 e. The van der Waals surface area contributed by atoms with E-state index in [1.807, 2.05) is 36.4 Å². The first-order valence-electron chi connectivity index (χ1n) is 6.71. The van der Waals surface area contributed by atoms with Gasteiger partial charge in [0.2, 0.25) is 5.91 Å². The Morgan fingerprint density at radius 1 is 0.947 bits per heavy atom. The molecule has 0 saturated carbocycles. The van der Waals surface area contributed by atoms with E-state index in [9.17, 15) is 4.79 Å². The van der Waals surface area contributed by atoms with Crippen molar-refractivity contribution in [1.29, 1.82) is 0 Å². The van der Waals surface area contributed by atoms with Crippen LogP contribution in [0, 0.1) is 0 Å². The Bertz CT molecular complexity index is 550. The van der Waals surface area contributed by atoms with Crippen molar-refractivity contribution in [3.8, 4) is 0 Å². The predicted octanol–water partition coefficient (Wildman–Crippen LogP) is 2.90. The summed E-state index contributed by atoms with van der Waals surface area (Å²) in [5, 5.41) is 3.11. The van der Waals surface area contributed by atoms with Crippen LogP contribution in [0.15, 0.2) is 60.7 Å². The van der Waals surface area contributed by atoms with Gasteiger partial charge in [-0.2, -0.15) is 0 Å². The number of carbonyl (C=O) groups is 1. The molecule has 0 aromatic heterocycles. The maximum atomic E-state index is 11.7. The van der Waals surface area contributed by atoms with E-state index in [2.05, 4.69) is 29.6 Å². The molecule has 0 bridgehead atoms. The second-order valence-corrected chi connectivity index (χ2v) is 5.09. The van der Waals surface area contributed by atoms with E-state index in [1.165, 1.54) is 11.1 Å². The van der Waals surface area contributed by atoms with Gasteiger partial charge in [0.1, 0.15) is 0 Å². The molecule has 3 rings (SSSR count). The quantitative estimate of drug-likeness (QED) is 0.893. The van der Waals surface area contributed by atoms with Gasteiger partial charge in [-0.15, -0.1) is 0 Å². The predicted molar refractivity (Wildman–Crippen MR) is 75.9 cm³/mol. The van der Waals surface area contributed by atoms with Crippen molar-refractivity contribution in [3.63, 3.8) is 0 Å². The lowest BCUT2D eigenvalue weighted by Crippen LogP contribution is -2.30. The van der Waals surface area contributed by atoms with E-state index < -0.39 is 0 Å². The van der Waals surface area contributed by atoms with Gasteiger partial charge in [-0.25, -0.2) is 0 Å². The lowest BCUT2D eigenvalue weighted by atomic mass is 9.88.